The SMILES string of the molecule is CCOc1ccc(OCCCC(=O)NCc2nc(-c3ccc(Cl)cc3)no2)cc1. The number of rotatable bonds is 10. The van der Waals surface area contributed by atoms with Gasteiger partial charge in [0.05, 0.1) is 19.8 Å². The van der Waals surface area contributed by atoms with E-state index in [2.05, 4.69) is 15.5 Å². The van der Waals surface area contributed by atoms with Crippen LogP contribution in [0.4, 0.5) is 0 Å². The molecule has 0 unspecified atom stereocenters. The van der Waals surface area contributed by atoms with Crippen LogP contribution in [0.15, 0.2) is 53.1 Å². The molecule has 0 spiro atoms. The molecule has 7 nitrogen and oxygen atoms in total. The number of ether oxygens (including phenoxy) is 2. The van der Waals surface area contributed by atoms with Gasteiger partial charge in [0, 0.05) is 17.0 Å². The monoisotopic (exact) mass is 415 g/mol. The van der Waals surface area contributed by atoms with Crippen LogP contribution >= 0.6 is 11.6 Å². The second-order valence-electron chi connectivity index (χ2n) is 6.15. The number of carbonyl (C=O) groups is 1. The number of amides is 1. The second-order valence-corrected chi connectivity index (χ2v) is 6.59. The van der Waals surface area contributed by atoms with Crippen LogP contribution in [0.25, 0.3) is 11.4 Å². The topological polar surface area (TPSA) is 86.5 Å². The molecule has 1 N–H and O–H groups in total. The van der Waals surface area contributed by atoms with Crippen molar-refractivity contribution < 1.29 is 18.8 Å². The first-order chi connectivity index (χ1) is 14.1. The molecule has 0 fully saturated rings. The summed E-state index contributed by atoms with van der Waals surface area (Å²) < 4.78 is 16.2. The van der Waals surface area contributed by atoms with Crippen LogP contribution in [0, 0.1) is 0 Å². The van der Waals surface area contributed by atoms with E-state index in [-0.39, 0.29) is 12.5 Å². The molecule has 0 saturated carbocycles. The normalized spacial score (nSPS) is 10.6. The Kier molecular flexibility index (Phi) is 7.47. The van der Waals surface area contributed by atoms with Crippen molar-refractivity contribution in [2.24, 2.45) is 0 Å². The lowest BCUT2D eigenvalue weighted by molar-refractivity contribution is -0.121. The molecule has 2 aromatic carbocycles. The zero-order chi connectivity index (χ0) is 20.5. The molecule has 0 atom stereocenters. The first kappa shape index (κ1) is 20.7. The number of benzene rings is 2. The van der Waals surface area contributed by atoms with Gasteiger partial charge in [-0.25, -0.2) is 0 Å². The van der Waals surface area contributed by atoms with Gasteiger partial charge in [-0.15, -0.1) is 0 Å². The van der Waals surface area contributed by atoms with Crippen LogP contribution in [0.2, 0.25) is 5.02 Å². The van der Waals surface area contributed by atoms with Crippen molar-refractivity contribution in [1.29, 1.82) is 0 Å². The Morgan fingerprint density at radius 3 is 2.45 bits per heavy atom. The summed E-state index contributed by atoms with van der Waals surface area (Å²) in [4.78, 5) is 16.2. The van der Waals surface area contributed by atoms with Gasteiger partial charge in [-0.3, -0.25) is 4.79 Å². The number of nitrogens with one attached hydrogen (secondary N) is 1. The molecule has 152 valence electrons. The van der Waals surface area contributed by atoms with Crippen molar-refractivity contribution in [3.8, 4) is 22.9 Å². The number of aromatic nitrogens is 2. The summed E-state index contributed by atoms with van der Waals surface area (Å²) in [6, 6.07) is 14.5. The predicted molar refractivity (Wildman–Crippen MR) is 109 cm³/mol. The van der Waals surface area contributed by atoms with E-state index in [1.807, 2.05) is 31.2 Å². The molecule has 1 heterocycles. The summed E-state index contributed by atoms with van der Waals surface area (Å²) in [6.07, 6.45) is 0.939. The van der Waals surface area contributed by atoms with Crippen LogP contribution in [0.3, 0.4) is 0 Å². The maximum absolute atomic E-state index is 12.0. The molecule has 1 amide bonds. The molecule has 0 bridgehead atoms. The van der Waals surface area contributed by atoms with Gasteiger partial charge in [0.2, 0.25) is 17.6 Å². The Morgan fingerprint density at radius 1 is 1.07 bits per heavy atom. The predicted octanol–water partition coefficient (Wildman–Crippen LogP) is 4.26. The van der Waals surface area contributed by atoms with Crippen LogP contribution in [0.1, 0.15) is 25.7 Å². The summed E-state index contributed by atoms with van der Waals surface area (Å²) in [5, 5.41) is 7.31. The standard InChI is InChI=1S/C21H22ClN3O4/c1-2-27-17-9-11-18(12-10-17)28-13-3-4-19(26)23-14-20-24-21(25-29-20)15-5-7-16(22)8-6-15/h5-12H,2-4,13-14H2,1H3,(H,23,26). The average molecular weight is 416 g/mol. The van der Waals surface area contributed by atoms with Gasteiger partial charge in [-0.05, 0) is 61.9 Å². The molecular weight excluding hydrogens is 394 g/mol. The third-order valence-electron chi connectivity index (χ3n) is 3.96. The summed E-state index contributed by atoms with van der Waals surface area (Å²) >= 11 is 5.87. The third-order valence-corrected chi connectivity index (χ3v) is 4.21. The highest BCUT2D eigenvalue weighted by Gasteiger charge is 2.10. The summed E-state index contributed by atoms with van der Waals surface area (Å²) in [7, 11) is 0. The zero-order valence-electron chi connectivity index (χ0n) is 16.1. The zero-order valence-corrected chi connectivity index (χ0v) is 16.8. The van der Waals surface area contributed by atoms with Crippen LogP contribution in [0.5, 0.6) is 11.5 Å². The maximum Gasteiger partial charge on any atom is 0.246 e. The maximum atomic E-state index is 12.0. The lowest BCUT2D eigenvalue weighted by Crippen LogP contribution is -2.23. The van der Waals surface area contributed by atoms with Crippen molar-refractivity contribution in [2.45, 2.75) is 26.3 Å². The van der Waals surface area contributed by atoms with E-state index in [1.54, 1.807) is 24.3 Å². The Balaban J connectivity index is 1.35. The number of halogens is 1. The van der Waals surface area contributed by atoms with Gasteiger partial charge >= 0.3 is 0 Å². The van der Waals surface area contributed by atoms with E-state index < -0.39 is 0 Å². The molecule has 0 radical (unpaired) electrons. The fourth-order valence-corrected chi connectivity index (χ4v) is 2.65. The number of carbonyl (C=O) groups excluding carboxylic acids is 1. The average Bonchev–Trinajstić information content (AvgIpc) is 3.21. The van der Waals surface area contributed by atoms with E-state index in [0.717, 1.165) is 17.1 Å². The minimum atomic E-state index is -0.105. The first-order valence-electron chi connectivity index (χ1n) is 9.35. The Hall–Kier alpha value is -3.06. The Morgan fingerprint density at radius 2 is 1.76 bits per heavy atom. The number of hydrogen-bond donors (Lipinski definition) is 1. The van der Waals surface area contributed by atoms with Crippen molar-refractivity contribution in [3.63, 3.8) is 0 Å². The van der Waals surface area contributed by atoms with Gasteiger partial charge < -0.3 is 19.3 Å². The fourth-order valence-electron chi connectivity index (χ4n) is 2.53. The van der Waals surface area contributed by atoms with E-state index >= 15 is 0 Å². The molecule has 29 heavy (non-hydrogen) atoms. The summed E-state index contributed by atoms with van der Waals surface area (Å²) in [5.74, 6) is 2.24. The lowest BCUT2D eigenvalue weighted by Gasteiger charge is -2.07. The van der Waals surface area contributed by atoms with Crippen LogP contribution in [-0.4, -0.2) is 29.3 Å². The van der Waals surface area contributed by atoms with E-state index in [1.165, 1.54) is 0 Å². The summed E-state index contributed by atoms with van der Waals surface area (Å²) in [5.41, 5.74) is 0.794. The summed E-state index contributed by atoms with van der Waals surface area (Å²) in [6.45, 7) is 3.19. The molecule has 1 aromatic heterocycles. The molecule has 3 aromatic rings. The number of hydrogen-bond acceptors (Lipinski definition) is 6. The molecule has 0 aliphatic heterocycles. The quantitative estimate of drug-likeness (QED) is 0.498. The smallest absolute Gasteiger partial charge is 0.246 e. The Bertz CT molecular complexity index is 910. The Labute approximate surface area is 174 Å². The highest BCUT2D eigenvalue weighted by Crippen LogP contribution is 2.19. The molecular formula is C21H22ClN3O4. The molecule has 0 aliphatic carbocycles. The van der Waals surface area contributed by atoms with Crippen LogP contribution < -0.4 is 14.8 Å². The van der Waals surface area contributed by atoms with Gasteiger partial charge in [0.25, 0.3) is 0 Å². The van der Waals surface area contributed by atoms with Crippen molar-refractivity contribution in [1.82, 2.24) is 15.5 Å². The molecule has 0 aliphatic rings. The van der Waals surface area contributed by atoms with E-state index in [4.69, 9.17) is 25.6 Å². The molecule has 8 heteroatoms. The highest BCUT2D eigenvalue weighted by atomic mass is 35.5. The van der Waals surface area contributed by atoms with Crippen molar-refractivity contribution in [2.75, 3.05) is 13.2 Å². The second kappa shape index (κ2) is 10.5. The minimum absolute atomic E-state index is 0.105. The molecule has 0 saturated heterocycles. The van der Waals surface area contributed by atoms with Crippen LogP contribution in [-0.2, 0) is 11.3 Å². The lowest BCUT2D eigenvalue weighted by atomic mass is 10.2. The number of nitrogens with zero attached hydrogens (tertiary/aromatic N) is 2. The third kappa shape index (κ3) is 6.50. The van der Waals surface area contributed by atoms with Gasteiger partial charge in [0.1, 0.15) is 11.5 Å². The van der Waals surface area contributed by atoms with Gasteiger partial charge in [0.15, 0.2) is 0 Å². The van der Waals surface area contributed by atoms with Crippen molar-refractivity contribution >= 4 is 17.5 Å². The highest BCUT2D eigenvalue weighted by molar-refractivity contribution is 6.30. The van der Waals surface area contributed by atoms with Crippen molar-refractivity contribution in [3.05, 3.63) is 59.4 Å². The molecule has 3 rings (SSSR count). The largest absolute Gasteiger partial charge is 0.494 e. The van der Waals surface area contributed by atoms with Gasteiger partial charge in [-0.1, -0.05) is 16.8 Å². The van der Waals surface area contributed by atoms with Gasteiger partial charge in [-0.2, -0.15) is 4.98 Å². The van der Waals surface area contributed by atoms with E-state index in [9.17, 15) is 4.79 Å². The first-order valence-corrected chi connectivity index (χ1v) is 9.72. The fraction of sp³-hybridized carbons (Fsp3) is 0.286. The van der Waals surface area contributed by atoms with E-state index in [0.29, 0.717) is 42.8 Å². The minimum Gasteiger partial charge on any atom is -0.494 e.